The number of carbonyl (C=O) groups is 2. The number of ether oxygens (including phenoxy) is 1. The van der Waals surface area contributed by atoms with Gasteiger partial charge in [0.1, 0.15) is 0 Å². The number of nitro benzene ring substituents is 1. The van der Waals surface area contributed by atoms with Crippen LogP contribution in [0, 0.1) is 10.1 Å². The second-order valence-electron chi connectivity index (χ2n) is 3.88. The van der Waals surface area contributed by atoms with Crippen LogP contribution in [0.4, 0.5) is 11.4 Å². The van der Waals surface area contributed by atoms with Gasteiger partial charge in [-0.1, -0.05) is 18.5 Å². The van der Waals surface area contributed by atoms with Crippen LogP contribution in [0.5, 0.6) is 0 Å². The van der Waals surface area contributed by atoms with Crippen molar-refractivity contribution in [2.45, 2.75) is 19.8 Å². The Labute approximate surface area is 120 Å². The fourth-order valence-corrected chi connectivity index (χ4v) is 1.50. The molecular formula is C12H13ClN2O5. The number of esters is 1. The lowest BCUT2D eigenvalue weighted by molar-refractivity contribution is -0.384. The molecule has 0 spiro atoms. The smallest absolute Gasteiger partial charge is 0.306 e. The maximum atomic E-state index is 11.5. The molecule has 1 N–H and O–H groups in total. The lowest BCUT2D eigenvalue weighted by atomic mass is 10.3. The maximum Gasteiger partial charge on any atom is 0.306 e. The van der Waals surface area contributed by atoms with E-state index in [9.17, 15) is 19.7 Å². The zero-order valence-corrected chi connectivity index (χ0v) is 11.5. The second kappa shape index (κ2) is 7.44. The number of benzene rings is 1. The molecule has 0 bridgehead atoms. The summed E-state index contributed by atoms with van der Waals surface area (Å²) in [6.07, 6.45) is 0.849. The third-order valence-electron chi connectivity index (χ3n) is 2.25. The number of hydrogen-bond donors (Lipinski definition) is 1. The van der Waals surface area contributed by atoms with E-state index in [1.54, 1.807) is 0 Å². The van der Waals surface area contributed by atoms with Gasteiger partial charge in [-0.2, -0.15) is 0 Å². The van der Waals surface area contributed by atoms with Gasteiger partial charge in [-0.05, 0) is 12.5 Å². The van der Waals surface area contributed by atoms with Gasteiger partial charge in [-0.25, -0.2) is 0 Å². The predicted molar refractivity (Wildman–Crippen MR) is 72.6 cm³/mol. The summed E-state index contributed by atoms with van der Waals surface area (Å²) in [4.78, 5) is 32.6. The Balaban J connectivity index is 2.63. The van der Waals surface area contributed by atoms with Crippen LogP contribution in [0.15, 0.2) is 18.2 Å². The molecule has 0 radical (unpaired) electrons. The second-order valence-corrected chi connectivity index (χ2v) is 4.29. The van der Waals surface area contributed by atoms with Gasteiger partial charge >= 0.3 is 5.97 Å². The van der Waals surface area contributed by atoms with Crippen molar-refractivity contribution in [1.82, 2.24) is 0 Å². The minimum absolute atomic E-state index is 0.0948. The highest BCUT2D eigenvalue weighted by Crippen LogP contribution is 2.26. The monoisotopic (exact) mass is 300 g/mol. The van der Waals surface area contributed by atoms with Gasteiger partial charge in [-0.15, -0.1) is 0 Å². The SMILES string of the molecule is CCCC(=O)OCC(=O)Nc1cc([N+](=O)[O-])ccc1Cl. The van der Waals surface area contributed by atoms with Gasteiger partial charge in [0.05, 0.1) is 15.6 Å². The van der Waals surface area contributed by atoms with E-state index in [1.165, 1.54) is 12.1 Å². The Hall–Kier alpha value is -2.15. The van der Waals surface area contributed by atoms with Crippen molar-refractivity contribution in [3.8, 4) is 0 Å². The molecule has 1 rings (SSSR count). The Morgan fingerprint density at radius 3 is 2.75 bits per heavy atom. The molecule has 0 atom stereocenters. The van der Waals surface area contributed by atoms with Gasteiger partial charge in [0, 0.05) is 18.6 Å². The van der Waals surface area contributed by atoms with E-state index in [4.69, 9.17) is 16.3 Å². The van der Waals surface area contributed by atoms with E-state index in [1.807, 2.05) is 6.92 Å². The summed E-state index contributed by atoms with van der Waals surface area (Å²) in [5.74, 6) is -1.09. The van der Waals surface area contributed by atoms with Crippen LogP contribution in [-0.4, -0.2) is 23.4 Å². The molecule has 1 aromatic rings. The number of anilines is 1. The third-order valence-corrected chi connectivity index (χ3v) is 2.58. The molecule has 20 heavy (non-hydrogen) atoms. The number of hydrogen-bond acceptors (Lipinski definition) is 5. The molecular weight excluding hydrogens is 288 g/mol. The first kappa shape index (κ1) is 15.9. The molecule has 1 amide bonds. The highest BCUT2D eigenvalue weighted by Gasteiger charge is 2.13. The molecule has 8 heteroatoms. The Morgan fingerprint density at radius 1 is 1.45 bits per heavy atom. The largest absolute Gasteiger partial charge is 0.456 e. The normalized spacial score (nSPS) is 9.90. The minimum Gasteiger partial charge on any atom is -0.456 e. The molecule has 0 unspecified atom stereocenters. The fourth-order valence-electron chi connectivity index (χ4n) is 1.33. The third kappa shape index (κ3) is 4.85. The molecule has 0 heterocycles. The summed E-state index contributed by atoms with van der Waals surface area (Å²) in [5.41, 5.74) is -0.106. The summed E-state index contributed by atoms with van der Waals surface area (Å²) in [6, 6.07) is 3.66. The predicted octanol–water partition coefficient (Wildman–Crippen LogP) is 2.53. The molecule has 0 aliphatic rings. The summed E-state index contributed by atoms with van der Waals surface area (Å²) in [7, 11) is 0. The molecule has 0 aliphatic heterocycles. The molecule has 0 saturated heterocycles. The molecule has 108 valence electrons. The fraction of sp³-hybridized carbons (Fsp3) is 0.333. The first-order valence-electron chi connectivity index (χ1n) is 5.83. The quantitative estimate of drug-likeness (QED) is 0.494. The first-order chi connectivity index (χ1) is 9.43. The zero-order valence-electron chi connectivity index (χ0n) is 10.7. The lowest BCUT2D eigenvalue weighted by Crippen LogP contribution is -2.21. The van der Waals surface area contributed by atoms with Crippen LogP contribution in [0.1, 0.15) is 19.8 Å². The molecule has 1 aromatic carbocycles. The number of amides is 1. The van der Waals surface area contributed by atoms with Crippen molar-refractivity contribution >= 4 is 34.9 Å². The van der Waals surface area contributed by atoms with Gasteiger partial charge in [0.2, 0.25) is 0 Å². The van der Waals surface area contributed by atoms with Crippen LogP contribution < -0.4 is 5.32 Å². The van der Waals surface area contributed by atoms with E-state index in [2.05, 4.69) is 5.32 Å². The molecule has 0 saturated carbocycles. The summed E-state index contributed by atoms with van der Waals surface area (Å²) >= 11 is 5.81. The first-order valence-corrected chi connectivity index (χ1v) is 6.21. The molecule has 0 aromatic heterocycles. The Bertz CT molecular complexity index is 533. The Kier molecular flexibility index (Phi) is 5.92. The van der Waals surface area contributed by atoms with Crippen LogP contribution in [0.3, 0.4) is 0 Å². The van der Waals surface area contributed by atoms with Crippen molar-refractivity contribution in [3.63, 3.8) is 0 Å². The van der Waals surface area contributed by atoms with Crippen molar-refractivity contribution in [2.24, 2.45) is 0 Å². The summed E-state index contributed by atoms with van der Waals surface area (Å²) in [5, 5.41) is 13.1. The van der Waals surface area contributed by atoms with Crippen molar-refractivity contribution < 1.29 is 19.2 Å². The summed E-state index contributed by atoms with van der Waals surface area (Å²) < 4.78 is 4.71. The number of nitrogens with one attached hydrogen (secondary N) is 1. The number of rotatable bonds is 6. The van der Waals surface area contributed by atoms with Crippen LogP contribution in [0.2, 0.25) is 5.02 Å². The molecule has 7 nitrogen and oxygen atoms in total. The number of halogens is 1. The van der Waals surface area contributed by atoms with Crippen molar-refractivity contribution in [3.05, 3.63) is 33.3 Å². The number of carbonyl (C=O) groups excluding carboxylic acids is 2. The van der Waals surface area contributed by atoms with E-state index in [-0.39, 0.29) is 22.8 Å². The van der Waals surface area contributed by atoms with E-state index >= 15 is 0 Å². The van der Waals surface area contributed by atoms with Gasteiger partial charge in [0.25, 0.3) is 11.6 Å². The number of nitro groups is 1. The topological polar surface area (TPSA) is 98.5 Å². The van der Waals surface area contributed by atoms with E-state index < -0.39 is 23.4 Å². The highest BCUT2D eigenvalue weighted by molar-refractivity contribution is 6.33. The van der Waals surface area contributed by atoms with Gasteiger partial charge < -0.3 is 10.1 Å². The van der Waals surface area contributed by atoms with Crippen LogP contribution in [0.25, 0.3) is 0 Å². The zero-order chi connectivity index (χ0) is 15.1. The van der Waals surface area contributed by atoms with Crippen LogP contribution in [-0.2, 0) is 14.3 Å². The number of nitrogens with zero attached hydrogens (tertiary/aromatic N) is 1. The van der Waals surface area contributed by atoms with Gasteiger partial charge in [-0.3, -0.25) is 19.7 Å². The highest BCUT2D eigenvalue weighted by atomic mass is 35.5. The van der Waals surface area contributed by atoms with Crippen molar-refractivity contribution in [2.75, 3.05) is 11.9 Å². The maximum absolute atomic E-state index is 11.5. The van der Waals surface area contributed by atoms with Crippen LogP contribution >= 0.6 is 11.6 Å². The van der Waals surface area contributed by atoms with E-state index in [0.717, 1.165) is 6.07 Å². The standard InChI is InChI=1S/C12H13ClN2O5/c1-2-3-12(17)20-7-11(16)14-10-6-8(15(18)19)4-5-9(10)13/h4-6H,2-3,7H2,1H3,(H,14,16). The van der Waals surface area contributed by atoms with Crippen molar-refractivity contribution in [1.29, 1.82) is 0 Å². The molecule has 0 aliphatic carbocycles. The molecule has 0 fully saturated rings. The minimum atomic E-state index is -0.614. The average molecular weight is 301 g/mol. The Morgan fingerprint density at radius 2 is 2.15 bits per heavy atom. The summed E-state index contributed by atoms with van der Waals surface area (Å²) in [6.45, 7) is 1.35. The van der Waals surface area contributed by atoms with E-state index in [0.29, 0.717) is 6.42 Å². The lowest BCUT2D eigenvalue weighted by Gasteiger charge is -2.07. The number of non-ortho nitro benzene ring substituents is 1. The van der Waals surface area contributed by atoms with Gasteiger partial charge in [0.15, 0.2) is 6.61 Å². The average Bonchev–Trinajstić information content (AvgIpc) is 2.39.